The Kier molecular flexibility index (Phi) is 3.38. The molecule has 92 valence electrons. The maximum atomic E-state index is 5.73. The maximum absolute atomic E-state index is 5.73. The fourth-order valence-electron chi connectivity index (χ4n) is 2.60. The summed E-state index contributed by atoms with van der Waals surface area (Å²) in [5.74, 6) is 0. The molecule has 1 fully saturated rings. The molecule has 2 nitrogen and oxygen atoms in total. The second-order valence-electron chi connectivity index (χ2n) is 5.66. The monoisotopic (exact) mass is 248 g/mol. The molecule has 1 aliphatic rings. The molecule has 0 spiro atoms. The molecule has 1 unspecified atom stereocenters. The summed E-state index contributed by atoms with van der Waals surface area (Å²) in [5, 5.41) is 3.58. The fraction of sp³-hybridized carbons (Fsp3) is 0.500. The van der Waals surface area contributed by atoms with Crippen molar-refractivity contribution < 1.29 is 0 Å². The van der Waals surface area contributed by atoms with Crippen LogP contribution in [0.1, 0.15) is 38.7 Å². The Morgan fingerprint density at radius 2 is 2.12 bits per heavy atom. The van der Waals surface area contributed by atoms with E-state index in [1.54, 1.807) is 0 Å². The van der Waals surface area contributed by atoms with E-state index in [0.717, 1.165) is 11.3 Å². The van der Waals surface area contributed by atoms with Crippen LogP contribution in [-0.2, 0) is 0 Å². The SMILES string of the molecule is CC1(C)CCC(Nc2ccccc2C(N)=S)C1. The normalized spacial score (nSPS) is 22.4. The summed E-state index contributed by atoms with van der Waals surface area (Å²) in [7, 11) is 0. The number of para-hydroxylation sites is 1. The molecule has 1 aromatic rings. The Morgan fingerprint density at radius 1 is 1.41 bits per heavy atom. The summed E-state index contributed by atoms with van der Waals surface area (Å²) >= 11 is 5.07. The van der Waals surface area contributed by atoms with E-state index in [4.69, 9.17) is 18.0 Å². The Morgan fingerprint density at radius 3 is 2.71 bits per heavy atom. The standard InChI is InChI=1S/C14H20N2S/c1-14(2)8-7-10(9-14)16-12-6-4-3-5-11(12)13(15)17/h3-6,10,16H,7-9H2,1-2H3,(H2,15,17). The predicted octanol–water partition coefficient (Wildman–Crippen LogP) is 3.31. The largest absolute Gasteiger partial charge is 0.389 e. The van der Waals surface area contributed by atoms with Crippen LogP contribution in [-0.4, -0.2) is 11.0 Å². The molecule has 0 aliphatic heterocycles. The predicted molar refractivity (Wildman–Crippen MR) is 77.4 cm³/mol. The highest BCUT2D eigenvalue weighted by atomic mass is 32.1. The highest BCUT2D eigenvalue weighted by molar-refractivity contribution is 7.80. The van der Waals surface area contributed by atoms with Gasteiger partial charge in [-0.25, -0.2) is 0 Å². The average molecular weight is 248 g/mol. The van der Waals surface area contributed by atoms with Gasteiger partial charge >= 0.3 is 0 Å². The summed E-state index contributed by atoms with van der Waals surface area (Å²) in [6, 6.07) is 8.56. The zero-order valence-electron chi connectivity index (χ0n) is 10.5. The van der Waals surface area contributed by atoms with Crippen molar-refractivity contribution in [2.45, 2.75) is 39.2 Å². The minimum Gasteiger partial charge on any atom is -0.389 e. The second-order valence-corrected chi connectivity index (χ2v) is 6.10. The number of rotatable bonds is 3. The third-order valence-electron chi connectivity index (χ3n) is 3.52. The van der Waals surface area contributed by atoms with Gasteiger partial charge in [-0.15, -0.1) is 0 Å². The number of anilines is 1. The molecule has 1 saturated carbocycles. The van der Waals surface area contributed by atoms with Crippen LogP contribution in [0.2, 0.25) is 0 Å². The van der Waals surface area contributed by atoms with Gasteiger partial charge in [-0.05, 0) is 36.8 Å². The van der Waals surface area contributed by atoms with Crippen molar-refractivity contribution in [1.82, 2.24) is 0 Å². The van der Waals surface area contributed by atoms with Gasteiger partial charge in [0.2, 0.25) is 0 Å². The van der Waals surface area contributed by atoms with Gasteiger partial charge in [0.1, 0.15) is 4.99 Å². The number of nitrogens with two attached hydrogens (primary N) is 1. The first-order valence-electron chi connectivity index (χ1n) is 6.13. The lowest BCUT2D eigenvalue weighted by Gasteiger charge is -2.20. The van der Waals surface area contributed by atoms with Gasteiger partial charge in [0.05, 0.1) is 0 Å². The first-order valence-corrected chi connectivity index (χ1v) is 6.54. The third-order valence-corrected chi connectivity index (χ3v) is 3.74. The summed E-state index contributed by atoms with van der Waals surface area (Å²) < 4.78 is 0. The molecular weight excluding hydrogens is 228 g/mol. The van der Waals surface area contributed by atoms with Gasteiger partial charge in [0, 0.05) is 17.3 Å². The van der Waals surface area contributed by atoms with Crippen molar-refractivity contribution in [2.24, 2.45) is 11.1 Å². The van der Waals surface area contributed by atoms with Crippen LogP contribution >= 0.6 is 12.2 Å². The maximum Gasteiger partial charge on any atom is 0.106 e. The molecule has 0 amide bonds. The molecule has 0 aromatic heterocycles. The lowest BCUT2D eigenvalue weighted by atomic mass is 9.92. The van der Waals surface area contributed by atoms with Gasteiger partial charge in [0.15, 0.2) is 0 Å². The minimum atomic E-state index is 0.454. The number of thiocarbonyl (C=S) groups is 1. The van der Waals surface area contributed by atoms with Gasteiger partial charge in [-0.3, -0.25) is 0 Å². The van der Waals surface area contributed by atoms with E-state index in [1.807, 2.05) is 18.2 Å². The summed E-state index contributed by atoms with van der Waals surface area (Å²) in [6.45, 7) is 4.66. The molecule has 0 radical (unpaired) electrons. The van der Waals surface area contributed by atoms with Crippen LogP contribution in [0.3, 0.4) is 0 Å². The van der Waals surface area contributed by atoms with Crippen LogP contribution in [0.25, 0.3) is 0 Å². The third kappa shape index (κ3) is 2.97. The van der Waals surface area contributed by atoms with E-state index in [-0.39, 0.29) is 0 Å². The molecule has 0 bridgehead atoms. The van der Waals surface area contributed by atoms with Crippen molar-refractivity contribution in [3.63, 3.8) is 0 Å². The van der Waals surface area contributed by atoms with E-state index in [0.29, 0.717) is 16.4 Å². The van der Waals surface area contributed by atoms with E-state index in [2.05, 4.69) is 25.2 Å². The van der Waals surface area contributed by atoms with E-state index >= 15 is 0 Å². The van der Waals surface area contributed by atoms with Crippen LogP contribution in [0, 0.1) is 5.41 Å². The molecule has 3 heteroatoms. The average Bonchev–Trinajstić information content (AvgIpc) is 2.58. The zero-order valence-corrected chi connectivity index (χ0v) is 11.3. The van der Waals surface area contributed by atoms with Gasteiger partial charge in [-0.2, -0.15) is 0 Å². The Labute approximate surface area is 109 Å². The van der Waals surface area contributed by atoms with Crippen molar-refractivity contribution in [3.8, 4) is 0 Å². The molecule has 1 aliphatic carbocycles. The summed E-state index contributed by atoms with van der Waals surface area (Å²) in [4.78, 5) is 0.463. The molecule has 3 N–H and O–H groups in total. The minimum absolute atomic E-state index is 0.454. The summed E-state index contributed by atoms with van der Waals surface area (Å²) in [5.41, 5.74) is 8.21. The Bertz CT molecular complexity index is 426. The van der Waals surface area contributed by atoms with Crippen LogP contribution < -0.4 is 11.1 Å². The highest BCUT2D eigenvalue weighted by Crippen LogP contribution is 2.38. The molecule has 1 atom stereocenters. The van der Waals surface area contributed by atoms with Crippen LogP contribution in [0.5, 0.6) is 0 Å². The van der Waals surface area contributed by atoms with Gasteiger partial charge in [0.25, 0.3) is 0 Å². The number of hydrogen-bond donors (Lipinski definition) is 2. The molecule has 0 heterocycles. The summed E-state index contributed by atoms with van der Waals surface area (Å²) in [6.07, 6.45) is 3.71. The second kappa shape index (κ2) is 4.65. The number of hydrogen-bond acceptors (Lipinski definition) is 2. The molecule has 2 rings (SSSR count). The lowest BCUT2D eigenvalue weighted by molar-refractivity contribution is 0.378. The van der Waals surface area contributed by atoms with Crippen molar-refractivity contribution in [2.75, 3.05) is 5.32 Å². The zero-order chi connectivity index (χ0) is 12.5. The Hall–Kier alpha value is -1.09. The quantitative estimate of drug-likeness (QED) is 0.806. The topological polar surface area (TPSA) is 38.0 Å². The van der Waals surface area contributed by atoms with Crippen molar-refractivity contribution >= 4 is 22.9 Å². The molecule has 17 heavy (non-hydrogen) atoms. The first kappa shape index (κ1) is 12.4. The van der Waals surface area contributed by atoms with E-state index in [9.17, 15) is 0 Å². The van der Waals surface area contributed by atoms with Gasteiger partial charge < -0.3 is 11.1 Å². The molecule has 0 saturated heterocycles. The number of benzene rings is 1. The van der Waals surface area contributed by atoms with Crippen LogP contribution in [0.4, 0.5) is 5.69 Å². The van der Waals surface area contributed by atoms with Gasteiger partial charge in [-0.1, -0.05) is 38.2 Å². The first-order chi connectivity index (χ1) is 7.98. The van der Waals surface area contributed by atoms with Crippen molar-refractivity contribution in [3.05, 3.63) is 29.8 Å². The smallest absolute Gasteiger partial charge is 0.106 e. The molecule has 1 aromatic carbocycles. The van der Waals surface area contributed by atoms with Crippen LogP contribution in [0.15, 0.2) is 24.3 Å². The highest BCUT2D eigenvalue weighted by Gasteiger charge is 2.30. The molecular formula is C14H20N2S. The number of nitrogens with one attached hydrogen (secondary N) is 1. The van der Waals surface area contributed by atoms with E-state index < -0.39 is 0 Å². The van der Waals surface area contributed by atoms with Crippen molar-refractivity contribution in [1.29, 1.82) is 0 Å². The lowest BCUT2D eigenvalue weighted by Crippen LogP contribution is -2.20. The Balaban J connectivity index is 2.12. The van der Waals surface area contributed by atoms with E-state index in [1.165, 1.54) is 19.3 Å². The fourth-order valence-corrected chi connectivity index (χ4v) is 2.78.